The fraction of sp³-hybridized carbons (Fsp3) is 0.143. The Hall–Kier alpha value is -1.92. The first-order valence-corrected chi connectivity index (χ1v) is 5.66. The first-order valence-electron chi connectivity index (χ1n) is 5.66. The normalized spacial score (nSPS) is 12.4. The molecule has 0 radical (unpaired) electrons. The molecular weight excluding hydrogens is 276 g/mol. The Morgan fingerprint density at radius 3 is 2.20 bits per heavy atom. The van der Waals surface area contributed by atoms with Gasteiger partial charge in [-0.3, -0.25) is 0 Å². The topological polar surface area (TPSA) is 29.5 Å². The third-order valence-electron chi connectivity index (χ3n) is 2.63. The molecule has 2 aromatic rings. The number of hydrogen-bond donors (Lipinski definition) is 1. The molecule has 0 aromatic heterocycles. The van der Waals surface area contributed by atoms with E-state index >= 15 is 0 Å². The molecule has 0 saturated carbocycles. The van der Waals surface area contributed by atoms with E-state index in [0.717, 1.165) is 36.4 Å². The SMILES string of the molecule is OC(OCc1cc(F)ccc1F)c1cc(F)ccc1F. The van der Waals surface area contributed by atoms with Crippen LogP contribution in [0.25, 0.3) is 0 Å². The Bertz CT molecular complexity index is 616. The maximum absolute atomic E-state index is 13.3. The molecule has 2 aromatic carbocycles. The van der Waals surface area contributed by atoms with Crippen molar-refractivity contribution < 1.29 is 27.4 Å². The third-order valence-corrected chi connectivity index (χ3v) is 2.63. The van der Waals surface area contributed by atoms with Crippen LogP contribution in [0.4, 0.5) is 17.6 Å². The third kappa shape index (κ3) is 3.34. The zero-order valence-corrected chi connectivity index (χ0v) is 10.1. The largest absolute Gasteiger partial charge is 0.364 e. The van der Waals surface area contributed by atoms with Crippen molar-refractivity contribution >= 4 is 0 Å². The predicted octanol–water partition coefficient (Wildman–Crippen LogP) is 3.45. The van der Waals surface area contributed by atoms with Gasteiger partial charge in [-0.25, -0.2) is 17.6 Å². The van der Waals surface area contributed by atoms with Gasteiger partial charge in [0.2, 0.25) is 0 Å². The molecule has 0 bridgehead atoms. The maximum Gasteiger partial charge on any atom is 0.184 e. The second-order valence-corrected chi connectivity index (χ2v) is 4.06. The standard InChI is InChI=1S/C14H10F4O2/c15-9-1-3-12(17)8(5-9)7-20-14(19)11-6-10(16)2-4-13(11)18/h1-6,14,19H,7H2. The summed E-state index contributed by atoms with van der Waals surface area (Å²) in [5.41, 5.74) is -0.553. The number of aliphatic hydroxyl groups is 1. The fourth-order valence-electron chi connectivity index (χ4n) is 1.62. The Morgan fingerprint density at radius 2 is 1.50 bits per heavy atom. The molecule has 0 amide bonds. The lowest BCUT2D eigenvalue weighted by Gasteiger charge is -2.13. The van der Waals surface area contributed by atoms with E-state index in [2.05, 4.69) is 0 Å². The van der Waals surface area contributed by atoms with E-state index in [1.807, 2.05) is 0 Å². The lowest BCUT2D eigenvalue weighted by molar-refractivity contribution is -0.114. The number of benzene rings is 2. The molecule has 2 rings (SSSR count). The summed E-state index contributed by atoms with van der Waals surface area (Å²) in [6, 6.07) is 5.22. The van der Waals surface area contributed by atoms with Crippen LogP contribution in [0, 0.1) is 23.3 Å². The van der Waals surface area contributed by atoms with E-state index in [-0.39, 0.29) is 5.56 Å². The van der Waals surface area contributed by atoms with Crippen molar-refractivity contribution in [3.8, 4) is 0 Å². The molecule has 1 unspecified atom stereocenters. The van der Waals surface area contributed by atoms with Crippen molar-refractivity contribution in [1.29, 1.82) is 0 Å². The van der Waals surface area contributed by atoms with E-state index in [0.29, 0.717) is 0 Å². The zero-order valence-electron chi connectivity index (χ0n) is 10.1. The highest BCUT2D eigenvalue weighted by atomic mass is 19.1. The Balaban J connectivity index is 2.10. The quantitative estimate of drug-likeness (QED) is 0.689. The van der Waals surface area contributed by atoms with Crippen molar-refractivity contribution in [2.75, 3.05) is 0 Å². The van der Waals surface area contributed by atoms with Gasteiger partial charge in [0, 0.05) is 11.1 Å². The van der Waals surface area contributed by atoms with Gasteiger partial charge in [0.1, 0.15) is 23.3 Å². The summed E-state index contributed by atoms with van der Waals surface area (Å²) in [7, 11) is 0. The molecule has 0 spiro atoms. The first kappa shape index (κ1) is 14.5. The lowest BCUT2D eigenvalue weighted by Crippen LogP contribution is -2.07. The van der Waals surface area contributed by atoms with Gasteiger partial charge in [0.15, 0.2) is 6.29 Å². The van der Waals surface area contributed by atoms with Crippen molar-refractivity contribution in [2.24, 2.45) is 0 Å². The van der Waals surface area contributed by atoms with Gasteiger partial charge in [-0.05, 0) is 36.4 Å². The summed E-state index contributed by atoms with van der Waals surface area (Å²) in [5, 5.41) is 9.60. The smallest absolute Gasteiger partial charge is 0.184 e. The van der Waals surface area contributed by atoms with Crippen LogP contribution in [0.2, 0.25) is 0 Å². The molecule has 0 aliphatic heterocycles. The van der Waals surface area contributed by atoms with Crippen LogP contribution in [0.5, 0.6) is 0 Å². The molecule has 20 heavy (non-hydrogen) atoms. The van der Waals surface area contributed by atoms with Crippen LogP contribution in [0.1, 0.15) is 17.4 Å². The van der Waals surface area contributed by atoms with Gasteiger partial charge in [-0.2, -0.15) is 0 Å². The Labute approximate surface area is 112 Å². The fourth-order valence-corrected chi connectivity index (χ4v) is 1.62. The minimum atomic E-state index is -1.78. The molecule has 106 valence electrons. The lowest BCUT2D eigenvalue weighted by atomic mass is 10.2. The van der Waals surface area contributed by atoms with Crippen LogP contribution >= 0.6 is 0 Å². The van der Waals surface area contributed by atoms with E-state index in [9.17, 15) is 22.7 Å². The molecule has 1 N–H and O–H groups in total. The van der Waals surface area contributed by atoms with E-state index in [1.54, 1.807) is 0 Å². The van der Waals surface area contributed by atoms with Crippen LogP contribution < -0.4 is 0 Å². The number of aliphatic hydroxyl groups excluding tert-OH is 1. The average molecular weight is 286 g/mol. The van der Waals surface area contributed by atoms with Crippen molar-refractivity contribution in [2.45, 2.75) is 12.9 Å². The van der Waals surface area contributed by atoms with Gasteiger partial charge in [-0.1, -0.05) is 0 Å². The van der Waals surface area contributed by atoms with Gasteiger partial charge in [0.25, 0.3) is 0 Å². The molecule has 6 heteroatoms. The molecule has 0 heterocycles. The van der Waals surface area contributed by atoms with Gasteiger partial charge < -0.3 is 9.84 Å². The molecular formula is C14H10F4O2. The highest BCUT2D eigenvalue weighted by Crippen LogP contribution is 2.21. The highest BCUT2D eigenvalue weighted by Gasteiger charge is 2.15. The molecule has 0 saturated heterocycles. The monoisotopic (exact) mass is 286 g/mol. The number of rotatable bonds is 4. The van der Waals surface area contributed by atoms with Crippen molar-refractivity contribution in [3.63, 3.8) is 0 Å². The Morgan fingerprint density at radius 1 is 0.900 bits per heavy atom. The van der Waals surface area contributed by atoms with Gasteiger partial charge in [-0.15, -0.1) is 0 Å². The summed E-state index contributed by atoms with van der Waals surface area (Å²) in [6.45, 7) is -0.485. The molecule has 1 atom stereocenters. The summed E-state index contributed by atoms with van der Waals surface area (Å²) in [5.74, 6) is -3.01. The average Bonchev–Trinajstić information content (AvgIpc) is 2.42. The second kappa shape index (κ2) is 6.02. The number of hydrogen-bond acceptors (Lipinski definition) is 2. The van der Waals surface area contributed by atoms with E-state index < -0.39 is 41.7 Å². The number of halogens is 4. The van der Waals surface area contributed by atoms with E-state index in [4.69, 9.17) is 4.74 Å². The molecule has 0 fully saturated rings. The molecule has 0 aliphatic carbocycles. The van der Waals surface area contributed by atoms with Crippen molar-refractivity contribution in [3.05, 3.63) is 70.8 Å². The zero-order chi connectivity index (χ0) is 14.7. The summed E-state index contributed by atoms with van der Waals surface area (Å²) >= 11 is 0. The highest BCUT2D eigenvalue weighted by molar-refractivity contribution is 5.20. The molecule has 0 aliphatic rings. The van der Waals surface area contributed by atoms with Crippen LogP contribution in [0.3, 0.4) is 0 Å². The van der Waals surface area contributed by atoms with Crippen LogP contribution in [-0.2, 0) is 11.3 Å². The maximum atomic E-state index is 13.3. The minimum Gasteiger partial charge on any atom is -0.364 e. The summed E-state index contributed by atoms with van der Waals surface area (Å²) in [6.07, 6.45) is -1.78. The van der Waals surface area contributed by atoms with E-state index in [1.165, 1.54) is 0 Å². The van der Waals surface area contributed by atoms with Crippen LogP contribution in [0.15, 0.2) is 36.4 Å². The molecule has 2 nitrogen and oxygen atoms in total. The Kier molecular flexibility index (Phi) is 4.36. The summed E-state index contributed by atoms with van der Waals surface area (Å²) < 4.78 is 57.3. The van der Waals surface area contributed by atoms with Gasteiger partial charge in [0.05, 0.1) is 6.61 Å². The number of ether oxygens (including phenoxy) is 1. The van der Waals surface area contributed by atoms with Gasteiger partial charge >= 0.3 is 0 Å². The predicted molar refractivity (Wildman–Crippen MR) is 62.5 cm³/mol. The second-order valence-electron chi connectivity index (χ2n) is 4.06. The van der Waals surface area contributed by atoms with Crippen molar-refractivity contribution in [1.82, 2.24) is 0 Å². The summed E-state index contributed by atoms with van der Waals surface area (Å²) in [4.78, 5) is 0. The minimum absolute atomic E-state index is 0.138. The van der Waals surface area contributed by atoms with Crippen LogP contribution in [-0.4, -0.2) is 5.11 Å². The first-order chi connectivity index (χ1) is 9.47.